The largest absolute Gasteiger partial charge is 0.491 e. The first-order chi connectivity index (χ1) is 9.41. The number of ether oxygens (including phenoxy) is 3. The maximum Gasteiger partial charge on any atom is 0.163 e. The molecule has 1 aliphatic rings. The van der Waals surface area contributed by atoms with E-state index < -0.39 is 17.7 Å². The van der Waals surface area contributed by atoms with Crippen LogP contribution in [0.1, 0.15) is 25.5 Å². The molecule has 20 heavy (non-hydrogen) atoms. The van der Waals surface area contributed by atoms with Crippen molar-refractivity contribution in [3.05, 3.63) is 29.6 Å². The van der Waals surface area contributed by atoms with Crippen LogP contribution >= 0.6 is 0 Å². The summed E-state index contributed by atoms with van der Waals surface area (Å²) < 4.78 is 30.1. The van der Waals surface area contributed by atoms with E-state index in [9.17, 15) is 9.50 Å². The highest BCUT2D eigenvalue weighted by molar-refractivity contribution is 5.31. The van der Waals surface area contributed by atoms with Gasteiger partial charge in [0.15, 0.2) is 5.79 Å². The number of hydrogen-bond acceptors (Lipinski definition) is 5. The molecule has 0 aliphatic carbocycles. The predicted molar refractivity (Wildman–Crippen MR) is 70.8 cm³/mol. The molecule has 0 radical (unpaired) electrons. The Balaban J connectivity index is 1.97. The van der Waals surface area contributed by atoms with Gasteiger partial charge < -0.3 is 25.1 Å². The van der Waals surface area contributed by atoms with Crippen molar-refractivity contribution in [2.24, 2.45) is 5.73 Å². The molecule has 1 fully saturated rings. The van der Waals surface area contributed by atoms with Crippen LogP contribution in [-0.2, 0) is 9.47 Å². The van der Waals surface area contributed by atoms with Gasteiger partial charge in [0.1, 0.15) is 24.3 Å². The average molecular weight is 285 g/mol. The van der Waals surface area contributed by atoms with Crippen LogP contribution < -0.4 is 10.5 Å². The fourth-order valence-corrected chi connectivity index (χ4v) is 2.03. The predicted octanol–water partition coefficient (Wildman–Crippen LogP) is 1.35. The third-order valence-corrected chi connectivity index (χ3v) is 3.05. The number of aliphatic hydroxyl groups excluding tert-OH is 1. The summed E-state index contributed by atoms with van der Waals surface area (Å²) in [4.78, 5) is 0. The van der Waals surface area contributed by atoms with Gasteiger partial charge in [-0.2, -0.15) is 0 Å². The lowest BCUT2D eigenvalue weighted by molar-refractivity contribution is -0.141. The number of benzene rings is 1. The first-order valence-corrected chi connectivity index (χ1v) is 6.53. The van der Waals surface area contributed by atoms with E-state index in [2.05, 4.69) is 0 Å². The van der Waals surface area contributed by atoms with Crippen molar-refractivity contribution in [1.29, 1.82) is 0 Å². The lowest BCUT2D eigenvalue weighted by atomic mass is 10.1. The van der Waals surface area contributed by atoms with Crippen LogP contribution in [-0.4, -0.2) is 36.8 Å². The normalized spacial score (nSPS) is 22.8. The van der Waals surface area contributed by atoms with Crippen molar-refractivity contribution in [2.45, 2.75) is 31.8 Å². The first-order valence-electron chi connectivity index (χ1n) is 6.53. The highest BCUT2D eigenvalue weighted by atomic mass is 19.1. The summed E-state index contributed by atoms with van der Waals surface area (Å²) in [7, 11) is 0. The molecule has 1 saturated heterocycles. The Morgan fingerprint density at radius 3 is 2.90 bits per heavy atom. The molecule has 1 aliphatic heterocycles. The molecule has 1 aromatic carbocycles. The molecule has 0 amide bonds. The second kappa shape index (κ2) is 6.05. The highest BCUT2D eigenvalue weighted by Crippen LogP contribution is 2.25. The number of aliphatic hydroxyl groups is 1. The Morgan fingerprint density at radius 2 is 2.30 bits per heavy atom. The molecular weight excluding hydrogens is 265 g/mol. The van der Waals surface area contributed by atoms with Crippen LogP contribution in [0.25, 0.3) is 0 Å². The van der Waals surface area contributed by atoms with Crippen molar-refractivity contribution >= 4 is 0 Å². The van der Waals surface area contributed by atoms with Crippen LogP contribution in [0, 0.1) is 5.82 Å². The second-order valence-corrected chi connectivity index (χ2v) is 5.20. The van der Waals surface area contributed by atoms with Gasteiger partial charge in [0, 0.05) is 12.1 Å². The topological polar surface area (TPSA) is 73.9 Å². The molecule has 2 atom stereocenters. The molecule has 1 aromatic rings. The molecule has 112 valence electrons. The summed E-state index contributed by atoms with van der Waals surface area (Å²) >= 11 is 0. The van der Waals surface area contributed by atoms with Crippen molar-refractivity contribution in [3.8, 4) is 5.75 Å². The van der Waals surface area contributed by atoms with Gasteiger partial charge in [0.2, 0.25) is 0 Å². The molecule has 6 heteroatoms. The van der Waals surface area contributed by atoms with E-state index in [1.807, 2.05) is 13.8 Å². The zero-order valence-corrected chi connectivity index (χ0v) is 11.6. The van der Waals surface area contributed by atoms with E-state index in [1.54, 1.807) is 0 Å². The molecule has 0 bridgehead atoms. The fourth-order valence-electron chi connectivity index (χ4n) is 2.03. The Morgan fingerprint density at radius 1 is 1.55 bits per heavy atom. The molecule has 0 spiro atoms. The Labute approximate surface area is 117 Å². The van der Waals surface area contributed by atoms with Crippen molar-refractivity contribution in [1.82, 2.24) is 0 Å². The number of rotatable bonds is 5. The first kappa shape index (κ1) is 15.2. The van der Waals surface area contributed by atoms with E-state index in [0.717, 1.165) is 0 Å². The van der Waals surface area contributed by atoms with E-state index >= 15 is 0 Å². The Bertz CT molecular complexity index is 466. The molecular formula is C14H20FNO4. The monoisotopic (exact) mass is 285 g/mol. The standard InChI is InChI=1S/C14H20FNO4/c1-14(2)19-8-10(20-14)7-18-9-3-4-12(15)11(5-9)13(17)6-16/h3-5,10,13,17H,6-8,16H2,1-2H3. The zero-order valence-electron chi connectivity index (χ0n) is 11.6. The molecule has 2 rings (SSSR count). The fraction of sp³-hybridized carbons (Fsp3) is 0.571. The molecule has 2 unspecified atom stereocenters. The van der Waals surface area contributed by atoms with E-state index in [4.69, 9.17) is 19.9 Å². The van der Waals surface area contributed by atoms with Crippen molar-refractivity contribution in [3.63, 3.8) is 0 Å². The summed E-state index contributed by atoms with van der Waals surface area (Å²) in [6.07, 6.45) is -1.21. The van der Waals surface area contributed by atoms with Gasteiger partial charge in [0.05, 0.1) is 12.7 Å². The maximum atomic E-state index is 13.5. The average Bonchev–Trinajstić information content (AvgIpc) is 2.76. The molecule has 3 N–H and O–H groups in total. The molecule has 0 saturated carbocycles. The van der Waals surface area contributed by atoms with Gasteiger partial charge in [-0.15, -0.1) is 0 Å². The van der Waals surface area contributed by atoms with Crippen LogP contribution in [0.3, 0.4) is 0 Å². The Hall–Kier alpha value is -1.21. The van der Waals surface area contributed by atoms with E-state index in [1.165, 1.54) is 18.2 Å². The summed E-state index contributed by atoms with van der Waals surface area (Å²) in [6, 6.07) is 4.20. The quantitative estimate of drug-likeness (QED) is 0.854. The Kier molecular flexibility index (Phi) is 4.59. The number of halogens is 1. The van der Waals surface area contributed by atoms with Gasteiger partial charge in [0.25, 0.3) is 0 Å². The van der Waals surface area contributed by atoms with Gasteiger partial charge >= 0.3 is 0 Å². The van der Waals surface area contributed by atoms with Gasteiger partial charge in [-0.1, -0.05) is 0 Å². The molecule has 5 nitrogen and oxygen atoms in total. The van der Waals surface area contributed by atoms with Gasteiger partial charge in [-0.05, 0) is 32.0 Å². The molecule has 0 aromatic heterocycles. The van der Waals surface area contributed by atoms with Crippen molar-refractivity contribution < 1.29 is 23.7 Å². The smallest absolute Gasteiger partial charge is 0.163 e. The van der Waals surface area contributed by atoms with E-state index in [0.29, 0.717) is 19.0 Å². The third-order valence-electron chi connectivity index (χ3n) is 3.05. The summed E-state index contributed by atoms with van der Waals surface area (Å²) in [5, 5.41) is 9.62. The minimum atomic E-state index is -1.04. The van der Waals surface area contributed by atoms with Gasteiger partial charge in [-0.3, -0.25) is 0 Å². The highest BCUT2D eigenvalue weighted by Gasteiger charge is 2.33. The lowest BCUT2D eigenvalue weighted by Gasteiger charge is -2.17. The lowest BCUT2D eigenvalue weighted by Crippen LogP contribution is -2.25. The van der Waals surface area contributed by atoms with Crippen LogP contribution in [0.5, 0.6) is 5.75 Å². The minimum Gasteiger partial charge on any atom is -0.491 e. The summed E-state index contributed by atoms with van der Waals surface area (Å²) in [6.45, 7) is 4.37. The van der Waals surface area contributed by atoms with Crippen LogP contribution in [0.2, 0.25) is 0 Å². The van der Waals surface area contributed by atoms with E-state index in [-0.39, 0.29) is 18.2 Å². The summed E-state index contributed by atoms with van der Waals surface area (Å²) in [5.74, 6) is -0.642. The number of hydrogen-bond donors (Lipinski definition) is 2. The number of nitrogens with two attached hydrogens (primary N) is 1. The zero-order chi connectivity index (χ0) is 14.8. The van der Waals surface area contributed by atoms with Gasteiger partial charge in [-0.25, -0.2) is 4.39 Å². The summed E-state index contributed by atoms with van der Waals surface area (Å²) in [5.41, 5.74) is 5.47. The minimum absolute atomic E-state index is 0.0475. The molecule has 1 heterocycles. The second-order valence-electron chi connectivity index (χ2n) is 5.20. The SMILES string of the molecule is CC1(C)OCC(COc2ccc(F)c(C(O)CN)c2)O1. The van der Waals surface area contributed by atoms with Crippen molar-refractivity contribution in [2.75, 3.05) is 19.8 Å². The maximum absolute atomic E-state index is 13.5. The van der Waals surface area contributed by atoms with Crippen LogP contribution in [0.4, 0.5) is 4.39 Å². The third kappa shape index (κ3) is 3.67. The van der Waals surface area contributed by atoms with Crippen LogP contribution in [0.15, 0.2) is 18.2 Å².